The number of amides is 2. The average molecular weight is 322 g/mol. The van der Waals surface area contributed by atoms with Gasteiger partial charge in [-0.1, -0.05) is 6.42 Å². The van der Waals surface area contributed by atoms with Crippen LogP contribution in [0.1, 0.15) is 59.3 Å². The monoisotopic (exact) mass is 322 g/mol. The Balaban J connectivity index is 1.37. The van der Waals surface area contributed by atoms with Crippen molar-refractivity contribution in [1.29, 1.82) is 0 Å². The second-order valence-electron chi connectivity index (χ2n) is 8.51. The molecule has 0 spiro atoms. The van der Waals surface area contributed by atoms with Crippen molar-refractivity contribution < 1.29 is 14.3 Å². The van der Waals surface area contributed by atoms with Gasteiger partial charge >= 0.3 is 6.09 Å². The summed E-state index contributed by atoms with van der Waals surface area (Å²) in [5, 5.41) is 5.86. The van der Waals surface area contributed by atoms with Crippen LogP contribution >= 0.6 is 0 Å². The topological polar surface area (TPSA) is 67.4 Å². The highest BCUT2D eigenvalue weighted by molar-refractivity contribution is 5.77. The number of nitrogens with one attached hydrogen (secondary N) is 2. The first kappa shape index (κ1) is 16.6. The molecule has 3 saturated carbocycles. The minimum Gasteiger partial charge on any atom is -0.444 e. The Morgan fingerprint density at radius 1 is 1.09 bits per heavy atom. The van der Waals surface area contributed by atoms with Gasteiger partial charge < -0.3 is 15.4 Å². The summed E-state index contributed by atoms with van der Waals surface area (Å²) in [4.78, 5) is 23.7. The maximum Gasteiger partial charge on any atom is 0.407 e. The molecular formula is C18H30N2O3. The summed E-state index contributed by atoms with van der Waals surface area (Å²) < 4.78 is 5.16. The van der Waals surface area contributed by atoms with E-state index in [0.717, 1.165) is 24.2 Å². The van der Waals surface area contributed by atoms with Crippen molar-refractivity contribution in [3.63, 3.8) is 0 Å². The van der Waals surface area contributed by atoms with Gasteiger partial charge in [-0.25, -0.2) is 4.79 Å². The van der Waals surface area contributed by atoms with Crippen LogP contribution < -0.4 is 10.6 Å². The molecule has 23 heavy (non-hydrogen) atoms. The lowest BCUT2D eigenvalue weighted by Gasteiger charge is -2.32. The number of carbonyl (C=O) groups excluding carboxylic acids is 2. The number of alkyl carbamates (subject to hydrolysis) is 1. The maximum atomic E-state index is 12.1. The second kappa shape index (κ2) is 6.33. The van der Waals surface area contributed by atoms with Crippen LogP contribution in [-0.2, 0) is 9.53 Å². The van der Waals surface area contributed by atoms with Crippen LogP contribution in [-0.4, -0.2) is 30.2 Å². The summed E-state index contributed by atoms with van der Waals surface area (Å²) in [6.45, 7) is 5.80. The standard InChI is InChI=1S/C18H30N2O3/c1-18(2,3)23-17(22)19-8-7-16(21)20-15-10-11-9-14(15)13-6-4-5-12(11)13/h11-15H,4-10H2,1-3H3,(H,19,22)(H,20,21)/t11-,12-,13-,14+,15-/m1/s1. The number of carbonyl (C=O) groups is 2. The molecule has 2 N–H and O–H groups in total. The predicted molar refractivity (Wildman–Crippen MR) is 87.8 cm³/mol. The summed E-state index contributed by atoms with van der Waals surface area (Å²) in [5.74, 6) is 3.40. The fourth-order valence-corrected chi connectivity index (χ4v) is 5.11. The van der Waals surface area contributed by atoms with Gasteiger partial charge in [0.2, 0.25) is 5.91 Å². The maximum absolute atomic E-state index is 12.1. The molecule has 0 radical (unpaired) electrons. The molecule has 0 heterocycles. The summed E-state index contributed by atoms with van der Waals surface area (Å²) in [6.07, 6.45) is 6.49. The highest BCUT2D eigenvalue weighted by Crippen LogP contribution is 2.58. The third-order valence-electron chi connectivity index (χ3n) is 5.80. The molecule has 3 aliphatic rings. The summed E-state index contributed by atoms with van der Waals surface area (Å²) in [5.41, 5.74) is -0.507. The first-order chi connectivity index (χ1) is 10.8. The van der Waals surface area contributed by atoms with Crippen LogP contribution in [0.4, 0.5) is 4.79 Å². The van der Waals surface area contributed by atoms with E-state index in [1.54, 1.807) is 0 Å². The van der Waals surface area contributed by atoms with Gasteiger partial charge in [0, 0.05) is 19.0 Å². The number of rotatable bonds is 4. The lowest BCUT2D eigenvalue weighted by molar-refractivity contribution is -0.122. The molecule has 0 aromatic carbocycles. The molecule has 0 saturated heterocycles. The Bertz CT molecular complexity index is 471. The molecule has 0 aromatic heterocycles. The SMILES string of the molecule is CC(C)(C)OC(=O)NCCC(=O)N[C@@H]1C[C@H]2C[C@H]1[C@@H]1CCC[C@H]21. The normalized spacial score (nSPS) is 35.0. The molecule has 0 unspecified atom stereocenters. The molecule has 5 nitrogen and oxygen atoms in total. The quantitative estimate of drug-likeness (QED) is 0.836. The highest BCUT2D eigenvalue weighted by atomic mass is 16.6. The van der Waals surface area contributed by atoms with Gasteiger partial charge in [0.1, 0.15) is 5.60 Å². The van der Waals surface area contributed by atoms with E-state index in [4.69, 9.17) is 4.74 Å². The zero-order chi connectivity index (χ0) is 16.6. The van der Waals surface area contributed by atoms with E-state index in [0.29, 0.717) is 24.9 Å². The van der Waals surface area contributed by atoms with Crippen LogP contribution in [0.3, 0.4) is 0 Å². The van der Waals surface area contributed by atoms with Gasteiger partial charge in [-0.05, 0) is 70.1 Å². The molecule has 0 aliphatic heterocycles. The minimum atomic E-state index is -0.507. The predicted octanol–water partition coefficient (Wildman–Crippen LogP) is 2.84. The molecule has 2 amide bonds. The Labute approximate surface area is 138 Å². The summed E-state index contributed by atoms with van der Waals surface area (Å²) in [7, 11) is 0. The van der Waals surface area contributed by atoms with E-state index in [1.807, 2.05) is 20.8 Å². The van der Waals surface area contributed by atoms with E-state index in [1.165, 1.54) is 25.7 Å². The van der Waals surface area contributed by atoms with Crippen molar-refractivity contribution in [2.75, 3.05) is 6.54 Å². The van der Waals surface area contributed by atoms with Crippen LogP contribution in [0.2, 0.25) is 0 Å². The number of hydrogen-bond donors (Lipinski definition) is 2. The van der Waals surface area contributed by atoms with Gasteiger partial charge in [0.15, 0.2) is 0 Å². The lowest BCUT2D eigenvalue weighted by Crippen LogP contribution is -2.43. The summed E-state index contributed by atoms with van der Waals surface area (Å²) in [6, 6.07) is 0.369. The van der Waals surface area contributed by atoms with Crippen molar-refractivity contribution in [1.82, 2.24) is 10.6 Å². The zero-order valence-electron chi connectivity index (χ0n) is 14.6. The van der Waals surface area contributed by atoms with Crippen LogP contribution in [0, 0.1) is 23.7 Å². The molecule has 3 aliphatic carbocycles. The molecule has 5 atom stereocenters. The van der Waals surface area contributed by atoms with Crippen LogP contribution in [0.15, 0.2) is 0 Å². The van der Waals surface area contributed by atoms with Crippen molar-refractivity contribution in [2.45, 2.75) is 70.9 Å². The fraction of sp³-hybridized carbons (Fsp3) is 0.889. The summed E-state index contributed by atoms with van der Waals surface area (Å²) >= 11 is 0. The van der Waals surface area contributed by atoms with E-state index in [-0.39, 0.29) is 5.91 Å². The lowest BCUT2D eigenvalue weighted by atomic mass is 9.79. The van der Waals surface area contributed by atoms with Crippen LogP contribution in [0.5, 0.6) is 0 Å². The first-order valence-corrected chi connectivity index (χ1v) is 9.10. The van der Waals surface area contributed by atoms with E-state index in [9.17, 15) is 9.59 Å². The van der Waals surface area contributed by atoms with Gasteiger partial charge in [-0.2, -0.15) is 0 Å². The van der Waals surface area contributed by atoms with Gasteiger partial charge in [-0.3, -0.25) is 4.79 Å². The van der Waals surface area contributed by atoms with Crippen LogP contribution in [0.25, 0.3) is 0 Å². The first-order valence-electron chi connectivity index (χ1n) is 9.10. The molecule has 0 aromatic rings. The molecule has 3 rings (SSSR count). The molecule has 5 heteroatoms. The Morgan fingerprint density at radius 3 is 2.57 bits per heavy atom. The largest absolute Gasteiger partial charge is 0.444 e. The van der Waals surface area contributed by atoms with E-state index in [2.05, 4.69) is 10.6 Å². The molecule has 2 bridgehead atoms. The third kappa shape index (κ3) is 3.81. The fourth-order valence-electron chi connectivity index (χ4n) is 5.11. The van der Waals surface area contributed by atoms with Crippen molar-refractivity contribution in [2.24, 2.45) is 23.7 Å². The van der Waals surface area contributed by atoms with Crippen molar-refractivity contribution >= 4 is 12.0 Å². The number of fused-ring (bicyclic) bond motifs is 5. The number of ether oxygens (including phenoxy) is 1. The molecule has 130 valence electrons. The minimum absolute atomic E-state index is 0.0492. The average Bonchev–Trinajstić information content (AvgIpc) is 3.07. The van der Waals surface area contributed by atoms with Crippen molar-refractivity contribution in [3.8, 4) is 0 Å². The second-order valence-corrected chi connectivity index (χ2v) is 8.51. The van der Waals surface area contributed by atoms with E-state index >= 15 is 0 Å². The van der Waals surface area contributed by atoms with Crippen molar-refractivity contribution in [3.05, 3.63) is 0 Å². The number of hydrogen-bond acceptors (Lipinski definition) is 3. The Morgan fingerprint density at radius 2 is 1.83 bits per heavy atom. The van der Waals surface area contributed by atoms with E-state index < -0.39 is 11.7 Å². The smallest absolute Gasteiger partial charge is 0.407 e. The molecular weight excluding hydrogens is 292 g/mol. The van der Waals surface area contributed by atoms with Gasteiger partial charge in [-0.15, -0.1) is 0 Å². The van der Waals surface area contributed by atoms with Gasteiger partial charge in [0.05, 0.1) is 0 Å². The molecule has 3 fully saturated rings. The Hall–Kier alpha value is -1.26. The zero-order valence-corrected chi connectivity index (χ0v) is 14.6. The highest BCUT2D eigenvalue weighted by Gasteiger charge is 2.53. The Kier molecular flexibility index (Phi) is 4.56. The van der Waals surface area contributed by atoms with Gasteiger partial charge in [0.25, 0.3) is 0 Å². The third-order valence-corrected chi connectivity index (χ3v) is 5.80.